The molecule has 16 heavy (non-hydrogen) atoms. The van der Waals surface area contributed by atoms with Crippen molar-refractivity contribution in [2.24, 2.45) is 0 Å². The molecular formula is C12H10N2O2. The van der Waals surface area contributed by atoms with Crippen LogP contribution in [-0.2, 0) is 9.59 Å². The van der Waals surface area contributed by atoms with E-state index in [2.05, 4.69) is 17.2 Å². The van der Waals surface area contributed by atoms with Gasteiger partial charge in [-0.25, -0.2) is 0 Å². The van der Waals surface area contributed by atoms with Crippen molar-refractivity contribution in [2.45, 2.75) is 6.92 Å². The van der Waals surface area contributed by atoms with Gasteiger partial charge in [-0.05, 0) is 25.0 Å². The molecule has 2 amide bonds. The van der Waals surface area contributed by atoms with Gasteiger partial charge in [0.05, 0.1) is 11.4 Å². The maximum absolute atomic E-state index is 11.7. The van der Waals surface area contributed by atoms with E-state index >= 15 is 0 Å². The molecule has 1 aliphatic heterocycles. The molecule has 1 aromatic carbocycles. The highest BCUT2D eigenvalue weighted by atomic mass is 16.2. The Labute approximate surface area is 93.2 Å². The Bertz CT molecular complexity index is 511. The number of nitrogens with one attached hydrogen (secondary N) is 1. The summed E-state index contributed by atoms with van der Waals surface area (Å²) in [5.74, 6) is 4.41. The standard InChI is InChI=1S/C12H10N2O2/c1-2-5-12(16)14-8-11(15)13-9-6-3-4-7-10(9)14/h3-4,6-7H,8H2,1H3,(H,13,15). The van der Waals surface area contributed by atoms with Gasteiger partial charge in [0.2, 0.25) is 5.91 Å². The van der Waals surface area contributed by atoms with Crippen LogP contribution >= 0.6 is 0 Å². The second-order valence-corrected chi connectivity index (χ2v) is 3.33. The van der Waals surface area contributed by atoms with E-state index in [9.17, 15) is 9.59 Å². The predicted octanol–water partition coefficient (Wildman–Crippen LogP) is 0.995. The molecular weight excluding hydrogens is 204 g/mol. The van der Waals surface area contributed by atoms with Crippen LogP contribution < -0.4 is 10.2 Å². The molecule has 0 unspecified atom stereocenters. The molecule has 1 aromatic rings. The number of nitrogens with zero attached hydrogens (tertiary/aromatic N) is 1. The van der Waals surface area contributed by atoms with Gasteiger partial charge in [-0.1, -0.05) is 18.1 Å². The zero-order chi connectivity index (χ0) is 11.5. The number of rotatable bonds is 0. The van der Waals surface area contributed by atoms with Crippen LogP contribution in [0.25, 0.3) is 0 Å². The Morgan fingerprint density at radius 1 is 1.44 bits per heavy atom. The summed E-state index contributed by atoms with van der Waals surface area (Å²) < 4.78 is 0. The molecule has 0 saturated carbocycles. The Balaban J connectivity index is 2.43. The predicted molar refractivity (Wildman–Crippen MR) is 60.9 cm³/mol. The Hall–Kier alpha value is -2.28. The highest BCUT2D eigenvalue weighted by Crippen LogP contribution is 2.28. The van der Waals surface area contributed by atoms with Gasteiger partial charge in [0.25, 0.3) is 0 Å². The summed E-state index contributed by atoms with van der Waals surface area (Å²) >= 11 is 0. The van der Waals surface area contributed by atoms with E-state index in [0.29, 0.717) is 11.4 Å². The number of para-hydroxylation sites is 2. The zero-order valence-electron chi connectivity index (χ0n) is 8.78. The third-order valence-electron chi connectivity index (χ3n) is 2.25. The number of amides is 2. The number of carbonyl (C=O) groups is 2. The molecule has 0 saturated heterocycles. The molecule has 4 heteroatoms. The van der Waals surface area contributed by atoms with Crippen LogP contribution in [0.15, 0.2) is 24.3 Å². The molecule has 0 bridgehead atoms. The second-order valence-electron chi connectivity index (χ2n) is 3.33. The van der Waals surface area contributed by atoms with Gasteiger partial charge in [0.1, 0.15) is 6.54 Å². The van der Waals surface area contributed by atoms with Crippen LogP contribution in [0.4, 0.5) is 11.4 Å². The van der Waals surface area contributed by atoms with Crippen LogP contribution in [0.3, 0.4) is 0 Å². The minimum Gasteiger partial charge on any atom is -0.323 e. The summed E-state index contributed by atoms with van der Waals surface area (Å²) in [5, 5.41) is 2.71. The summed E-state index contributed by atoms with van der Waals surface area (Å²) in [7, 11) is 0. The quantitative estimate of drug-likeness (QED) is 0.655. The number of benzene rings is 1. The van der Waals surface area contributed by atoms with Crippen molar-refractivity contribution >= 4 is 23.2 Å². The number of anilines is 2. The molecule has 1 heterocycles. The first-order chi connectivity index (χ1) is 7.72. The lowest BCUT2D eigenvalue weighted by Crippen LogP contribution is -2.41. The average molecular weight is 214 g/mol. The van der Waals surface area contributed by atoms with E-state index < -0.39 is 0 Å². The van der Waals surface area contributed by atoms with Crippen molar-refractivity contribution in [3.8, 4) is 11.8 Å². The van der Waals surface area contributed by atoms with Crippen molar-refractivity contribution in [3.63, 3.8) is 0 Å². The van der Waals surface area contributed by atoms with Crippen LogP contribution in [0.1, 0.15) is 6.92 Å². The lowest BCUT2D eigenvalue weighted by molar-refractivity contribution is -0.118. The number of fused-ring (bicyclic) bond motifs is 1. The van der Waals surface area contributed by atoms with Gasteiger partial charge in [-0.15, -0.1) is 0 Å². The molecule has 80 valence electrons. The molecule has 1 N–H and O–H groups in total. The van der Waals surface area contributed by atoms with E-state index in [1.807, 2.05) is 6.07 Å². The van der Waals surface area contributed by atoms with Crippen molar-refractivity contribution in [1.29, 1.82) is 0 Å². The first-order valence-electron chi connectivity index (χ1n) is 4.85. The molecule has 1 aliphatic rings. The average Bonchev–Trinajstić information content (AvgIpc) is 2.28. The first kappa shape index (κ1) is 10.2. The van der Waals surface area contributed by atoms with E-state index in [1.165, 1.54) is 4.90 Å². The molecule has 0 spiro atoms. The molecule has 0 atom stereocenters. The number of carbonyl (C=O) groups excluding carboxylic acids is 2. The fourth-order valence-electron chi connectivity index (χ4n) is 1.59. The van der Waals surface area contributed by atoms with E-state index in [1.54, 1.807) is 25.1 Å². The van der Waals surface area contributed by atoms with Crippen LogP contribution in [0.2, 0.25) is 0 Å². The van der Waals surface area contributed by atoms with Crippen LogP contribution in [0.5, 0.6) is 0 Å². The third-order valence-corrected chi connectivity index (χ3v) is 2.25. The van der Waals surface area contributed by atoms with Gasteiger partial charge >= 0.3 is 5.91 Å². The normalized spacial score (nSPS) is 13.3. The molecule has 2 rings (SSSR count). The summed E-state index contributed by atoms with van der Waals surface area (Å²) in [6, 6.07) is 7.16. The maximum atomic E-state index is 11.7. The molecule has 4 nitrogen and oxygen atoms in total. The lowest BCUT2D eigenvalue weighted by Gasteiger charge is -2.27. The molecule has 0 aromatic heterocycles. The minimum atomic E-state index is -0.357. The summed E-state index contributed by atoms with van der Waals surface area (Å²) in [6.07, 6.45) is 0. The highest BCUT2D eigenvalue weighted by molar-refractivity contribution is 6.14. The summed E-state index contributed by atoms with van der Waals surface area (Å²) in [4.78, 5) is 24.5. The fourth-order valence-corrected chi connectivity index (χ4v) is 1.59. The monoisotopic (exact) mass is 214 g/mol. The lowest BCUT2D eigenvalue weighted by atomic mass is 10.2. The van der Waals surface area contributed by atoms with Gasteiger partial charge < -0.3 is 5.32 Å². The van der Waals surface area contributed by atoms with Crippen molar-refractivity contribution in [1.82, 2.24) is 0 Å². The van der Waals surface area contributed by atoms with E-state index in [4.69, 9.17) is 0 Å². The SMILES string of the molecule is CC#CC(=O)N1CC(=O)Nc2ccccc21. The van der Waals surface area contributed by atoms with Crippen LogP contribution in [-0.4, -0.2) is 18.4 Å². The molecule has 0 fully saturated rings. The number of hydrogen-bond acceptors (Lipinski definition) is 2. The minimum absolute atomic E-state index is 0.0184. The van der Waals surface area contributed by atoms with Crippen molar-refractivity contribution < 1.29 is 9.59 Å². The second kappa shape index (κ2) is 4.07. The highest BCUT2D eigenvalue weighted by Gasteiger charge is 2.25. The van der Waals surface area contributed by atoms with Gasteiger partial charge in [0, 0.05) is 0 Å². The first-order valence-corrected chi connectivity index (χ1v) is 4.85. The number of hydrogen-bond donors (Lipinski definition) is 1. The van der Waals surface area contributed by atoms with Gasteiger partial charge in [-0.3, -0.25) is 14.5 Å². The Morgan fingerprint density at radius 3 is 2.94 bits per heavy atom. The van der Waals surface area contributed by atoms with Gasteiger partial charge in [-0.2, -0.15) is 0 Å². The van der Waals surface area contributed by atoms with Crippen LogP contribution in [0, 0.1) is 11.8 Å². The Morgan fingerprint density at radius 2 is 2.19 bits per heavy atom. The largest absolute Gasteiger partial charge is 0.323 e. The fraction of sp³-hybridized carbons (Fsp3) is 0.167. The Kier molecular flexibility index (Phi) is 2.61. The molecule has 0 radical (unpaired) electrons. The summed E-state index contributed by atoms with van der Waals surface area (Å²) in [5.41, 5.74) is 1.33. The molecule has 0 aliphatic carbocycles. The third kappa shape index (κ3) is 1.75. The zero-order valence-corrected chi connectivity index (χ0v) is 8.78. The van der Waals surface area contributed by atoms with Crippen molar-refractivity contribution in [3.05, 3.63) is 24.3 Å². The van der Waals surface area contributed by atoms with E-state index in [0.717, 1.165) is 0 Å². The van der Waals surface area contributed by atoms with Crippen molar-refractivity contribution in [2.75, 3.05) is 16.8 Å². The summed E-state index contributed by atoms with van der Waals surface area (Å²) in [6.45, 7) is 1.61. The van der Waals surface area contributed by atoms with E-state index in [-0.39, 0.29) is 18.4 Å². The topological polar surface area (TPSA) is 49.4 Å². The van der Waals surface area contributed by atoms with Gasteiger partial charge in [0.15, 0.2) is 0 Å². The smallest absolute Gasteiger partial charge is 0.303 e. The maximum Gasteiger partial charge on any atom is 0.303 e.